The summed E-state index contributed by atoms with van der Waals surface area (Å²) in [6.07, 6.45) is 0. The van der Waals surface area contributed by atoms with E-state index in [9.17, 15) is 0 Å². The molecular formula is C16H30BrClSSi2. The first-order valence-corrected chi connectivity index (χ1v) is 16.0. The summed E-state index contributed by atoms with van der Waals surface area (Å²) in [7, 11) is -1.82. The van der Waals surface area contributed by atoms with Gasteiger partial charge >= 0.3 is 0 Å². The van der Waals surface area contributed by atoms with Gasteiger partial charge in [0.1, 0.15) is 7.59 Å². The minimum Gasteiger partial charge on any atom is -0.170 e. The van der Waals surface area contributed by atoms with Crippen molar-refractivity contribution in [3.05, 3.63) is 15.9 Å². The standard InChI is InChI=1S/C16H30BrClSSi2/c1-11(2)20(12(3)4,16-15(17)9-10-19-16)21(18,13(5)6)14(7)8/h9-14H,1-8H3. The second-order valence-electron chi connectivity index (χ2n) is 7.35. The summed E-state index contributed by atoms with van der Waals surface area (Å²) in [5, 5.41) is 2.23. The van der Waals surface area contributed by atoms with E-state index in [0.717, 1.165) is 0 Å². The number of halogens is 2. The van der Waals surface area contributed by atoms with Crippen molar-refractivity contribution in [3.63, 3.8) is 0 Å². The lowest BCUT2D eigenvalue weighted by molar-refractivity contribution is 0.893. The molecule has 0 bridgehead atoms. The maximum atomic E-state index is 7.67. The second-order valence-corrected chi connectivity index (χ2v) is 25.7. The van der Waals surface area contributed by atoms with E-state index in [0.29, 0.717) is 22.2 Å². The van der Waals surface area contributed by atoms with Crippen LogP contribution in [-0.4, -0.2) is 14.5 Å². The average Bonchev–Trinajstić information content (AvgIpc) is 2.75. The molecule has 122 valence electrons. The lowest BCUT2D eigenvalue weighted by Gasteiger charge is -2.53. The highest BCUT2D eigenvalue weighted by atomic mass is 79.9. The zero-order valence-electron chi connectivity index (χ0n) is 14.6. The van der Waals surface area contributed by atoms with Gasteiger partial charge in [-0.15, -0.1) is 0 Å². The van der Waals surface area contributed by atoms with E-state index in [1.807, 2.05) is 11.3 Å². The van der Waals surface area contributed by atoms with Crippen molar-refractivity contribution in [2.45, 2.75) is 77.6 Å². The van der Waals surface area contributed by atoms with Crippen molar-refractivity contribution in [2.24, 2.45) is 0 Å². The fourth-order valence-corrected chi connectivity index (χ4v) is 37.5. The highest BCUT2D eigenvalue weighted by Gasteiger charge is 2.63. The minimum atomic E-state index is -1.95. The van der Waals surface area contributed by atoms with E-state index < -0.39 is 14.5 Å². The van der Waals surface area contributed by atoms with Gasteiger partial charge in [0.25, 0.3) is 0 Å². The van der Waals surface area contributed by atoms with Crippen LogP contribution in [0.4, 0.5) is 0 Å². The summed E-state index contributed by atoms with van der Waals surface area (Å²) in [6, 6.07) is 2.22. The van der Waals surface area contributed by atoms with Crippen LogP contribution in [0.25, 0.3) is 0 Å². The van der Waals surface area contributed by atoms with Crippen molar-refractivity contribution >= 4 is 57.3 Å². The van der Waals surface area contributed by atoms with E-state index in [1.165, 1.54) is 4.47 Å². The van der Waals surface area contributed by atoms with Crippen LogP contribution in [0.15, 0.2) is 15.9 Å². The van der Waals surface area contributed by atoms with Gasteiger partial charge in [-0.3, -0.25) is 0 Å². The molecule has 0 aliphatic heterocycles. The van der Waals surface area contributed by atoms with E-state index >= 15 is 0 Å². The fraction of sp³-hybridized carbons (Fsp3) is 0.750. The van der Waals surface area contributed by atoms with Crippen LogP contribution < -0.4 is 4.50 Å². The fourth-order valence-electron chi connectivity index (χ4n) is 4.46. The third-order valence-electron chi connectivity index (χ3n) is 5.13. The van der Waals surface area contributed by atoms with Gasteiger partial charge < -0.3 is 0 Å². The van der Waals surface area contributed by atoms with Crippen LogP contribution in [0.3, 0.4) is 0 Å². The minimum absolute atomic E-state index is 0.602. The highest BCUT2D eigenvalue weighted by molar-refractivity contribution is 9.10. The van der Waals surface area contributed by atoms with E-state index in [2.05, 4.69) is 82.8 Å². The zero-order chi connectivity index (χ0) is 16.6. The van der Waals surface area contributed by atoms with Crippen LogP contribution in [-0.2, 0) is 0 Å². The molecule has 21 heavy (non-hydrogen) atoms. The second kappa shape index (κ2) is 7.20. The van der Waals surface area contributed by atoms with Crippen LogP contribution in [0, 0.1) is 0 Å². The first-order chi connectivity index (χ1) is 9.54. The monoisotopic (exact) mass is 424 g/mol. The first-order valence-electron chi connectivity index (χ1n) is 7.96. The molecule has 0 aliphatic carbocycles. The molecule has 0 nitrogen and oxygen atoms in total. The molecule has 0 saturated heterocycles. The SMILES string of the molecule is CC(C)[Si](Cl)(C(C)C)[Si](c1sccc1Br)(C(C)C)C(C)C. The smallest absolute Gasteiger partial charge is 0.159 e. The molecule has 0 fully saturated rings. The van der Waals surface area contributed by atoms with Crippen molar-refractivity contribution in [1.29, 1.82) is 0 Å². The molecule has 1 rings (SSSR count). The molecule has 0 radical (unpaired) electrons. The molecule has 0 saturated carbocycles. The Hall–Kier alpha value is 0.904. The molecule has 1 heterocycles. The van der Waals surface area contributed by atoms with Gasteiger partial charge in [-0.2, -0.15) is 22.4 Å². The van der Waals surface area contributed by atoms with Crippen molar-refractivity contribution in [2.75, 3.05) is 0 Å². The van der Waals surface area contributed by atoms with Gasteiger partial charge in [-0.1, -0.05) is 71.3 Å². The Morgan fingerprint density at radius 3 is 1.57 bits per heavy atom. The predicted octanol–water partition coefficient (Wildman–Crippen LogP) is 7.07. The first kappa shape index (κ1) is 19.9. The zero-order valence-corrected chi connectivity index (χ0v) is 19.8. The Balaban J connectivity index is 3.78. The van der Waals surface area contributed by atoms with Gasteiger partial charge in [0.05, 0.1) is 0 Å². The Kier molecular flexibility index (Phi) is 6.84. The summed E-state index contributed by atoms with van der Waals surface area (Å²) in [6.45, 7) is 17.2. The van der Waals surface area contributed by atoms with Crippen molar-refractivity contribution in [1.82, 2.24) is 0 Å². The van der Waals surface area contributed by atoms with Crippen LogP contribution in [0.1, 0.15) is 55.4 Å². The molecule has 0 N–H and O–H groups in total. The quantitative estimate of drug-likeness (QED) is 0.337. The van der Waals surface area contributed by atoms with Gasteiger partial charge in [-0.25, -0.2) is 0 Å². The van der Waals surface area contributed by atoms with E-state index in [-0.39, 0.29) is 0 Å². The van der Waals surface area contributed by atoms with Gasteiger partial charge in [0, 0.05) is 8.97 Å². The largest absolute Gasteiger partial charge is 0.170 e. The average molecular weight is 426 g/mol. The van der Waals surface area contributed by atoms with E-state index in [4.69, 9.17) is 11.1 Å². The highest BCUT2D eigenvalue weighted by Crippen LogP contribution is 2.52. The number of thiophene rings is 1. The molecule has 0 unspecified atom stereocenters. The molecule has 0 atom stereocenters. The topological polar surface area (TPSA) is 0 Å². The molecule has 0 amide bonds. The summed E-state index contributed by atoms with van der Waals surface area (Å²) in [5.74, 6) is 0. The molecule has 0 spiro atoms. The molecule has 0 aliphatic rings. The Morgan fingerprint density at radius 2 is 1.33 bits per heavy atom. The summed E-state index contributed by atoms with van der Waals surface area (Å²) >= 11 is 13.4. The van der Waals surface area contributed by atoms with Crippen LogP contribution in [0.2, 0.25) is 22.2 Å². The number of rotatable bonds is 6. The summed E-state index contributed by atoms with van der Waals surface area (Å²) in [5.41, 5.74) is 2.54. The Morgan fingerprint density at radius 1 is 0.905 bits per heavy atom. The Labute approximate surface area is 150 Å². The summed E-state index contributed by atoms with van der Waals surface area (Å²) in [4.78, 5) is 0. The van der Waals surface area contributed by atoms with Crippen LogP contribution in [0.5, 0.6) is 0 Å². The van der Waals surface area contributed by atoms with Gasteiger partial charge in [0.2, 0.25) is 0 Å². The lowest BCUT2D eigenvalue weighted by Crippen LogP contribution is -2.72. The third kappa shape index (κ3) is 3.00. The maximum absolute atomic E-state index is 7.67. The lowest BCUT2D eigenvalue weighted by atomic mass is 10.5. The maximum Gasteiger partial charge on any atom is 0.159 e. The van der Waals surface area contributed by atoms with Crippen molar-refractivity contribution in [3.8, 4) is 0 Å². The molecule has 1 aromatic rings. The third-order valence-corrected chi connectivity index (χ3v) is 35.3. The normalized spacial score (nSPS) is 14.0. The van der Waals surface area contributed by atoms with Gasteiger partial charge in [-0.05, 0) is 33.6 Å². The Bertz CT molecular complexity index is 453. The molecule has 1 aromatic heterocycles. The van der Waals surface area contributed by atoms with Crippen LogP contribution >= 0.6 is 38.3 Å². The predicted molar refractivity (Wildman–Crippen MR) is 109 cm³/mol. The number of hydrogen-bond donors (Lipinski definition) is 0. The molecular weight excluding hydrogens is 396 g/mol. The van der Waals surface area contributed by atoms with Crippen molar-refractivity contribution < 1.29 is 0 Å². The van der Waals surface area contributed by atoms with E-state index in [1.54, 1.807) is 4.50 Å². The summed E-state index contributed by atoms with van der Waals surface area (Å²) < 4.78 is 2.91. The number of hydrogen-bond acceptors (Lipinski definition) is 1. The molecule has 0 aromatic carbocycles. The molecule has 5 heteroatoms. The van der Waals surface area contributed by atoms with Gasteiger partial charge in [0.15, 0.2) is 6.90 Å².